The average molecular weight is 527 g/mol. The predicted molar refractivity (Wildman–Crippen MR) is 161 cm³/mol. The van der Waals surface area contributed by atoms with Gasteiger partial charge in [0.25, 0.3) is 0 Å². The first-order valence-electron chi connectivity index (χ1n) is 14.3. The molecule has 6 aromatic rings. The topological polar surface area (TPSA) is 17.0 Å². The molecule has 2 atom stereocenters. The molecule has 2 heterocycles. The van der Waals surface area contributed by atoms with Crippen molar-refractivity contribution in [1.29, 1.82) is 0 Å². The average Bonchev–Trinajstić information content (AvgIpc) is 3.36. The Kier molecular flexibility index (Phi) is 6.23. The van der Waals surface area contributed by atoms with Gasteiger partial charge in [0, 0.05) is 22.9 Å². The second-order valence-electron chi connectivity index (χ2n) is 11.3. The van der Waals surface area contributed by atoms with Crippen LogP contribution in [0, 0.1) is 12.7 Å². The molecule has 0 amide bonds. The van der Waals surface area contributed by atoms with Crippen LogP contribution >= 0.6 is 0 Å². The van der Waals surface area contributed by atoms with Gasteiger partial charge in [-0.15, -0.1) is 0 Å². The van der Waals surface area contributed by atoms with Gasteiger partial charge in [0.2, 0.25) is 5.69 Å². The number of fused-ring (bicyclic) bond motifs is 3. The van der Waals surface area contributed by atoms with Gasteiger partial charge in [-0.05, 0) is 72.1 Å². The Labute approximate surface area is 234 Å². The number of benzene rings is 4. The third-order valence-electron chi connectivity index (χ3n) is 8.90. The van der Waals surface area contributed by atoms with Crippen LogP contribution in [0.5, 0.6) is 0 Å². The Balaban J connectivity index is 1.34. The fraction of sp³-hybridized carbons (Fsp3) is 0.216. The molecule has 2 unspecified atom stereocenters. The number of hydrogen-bond acceptors (Lipinski definition) is 1. The van der Waals surface area contributed by atoms with E-state index < -0.39 is 0 Å². The number of hydrogen-bond donors (Lipinski definition) is 0. The van der Waals surface area contributed by atoms with Gasteiger partial charge in [0.1, 0.15) is 24.0 Å². The van der Waals surface area contributed by atoms with E-state index in [1.807, 2.05) is 31.4 Å². The van der Waals surface area contributed by atoms with Crippen molar-refractivity contribution in [2.75, 3.05) is 0 Å². The highest BCUT2D eigenvalue weighted by atomic mass is 19.1. The molecule has 2 nitrogen and oxygen atoms in total. The van der Waals surface area contributed by atoms with E-state index in [4.69, 9.17) is 4.42 Å². The van der Waals surface area contributed by atoms with Gasteiger partial charge in [0.05, 0.1) is 11.1 Å². The summed E-state index contributed by atoms with van der Waals surface area (Å²) in [5.74, 6) is 0.745. The summed E-state index contributed by atoms with van der Waals surface area (Å²) in [7, 11) is 2.04. The first-order chi connectivity index (χ1) is 19.6. The quantitative estimate of drug-likeness (QED) is 0.209. The number of halogens is 1. The standard InChI is InChI=1S/C37H33FNO/c1-24-15-20-30-31-21-22-32(38)35(37(31)40-36(30)34(24)33-14-8-9-23-39(33)2)27-18-16-26(17-19-27)29-13-7-6-12-28(29)25-10-4-3-5-11-25/h3-5,8-11,14-23,28-29H,6-7,12-13H2,1-2H3/q+1. The lowest BCUT2D eigenvalue weighted by atomic mass is 9.72. The predicted octanol–water partition coefficient (Wildman–Crippen LogP) is 9.63. The number of aryl methyl sites for hydroxylation is 2. The minimum Gasteiger partial charge on any atom is -0.454 e. The monoisotopic (exact) mass is 526 g/mol. The van der Waals surface area contributed by atoms with Crippen LogP contribution in [0.15, 0.2) is 108 Å². The first kappa shape index (κ1) is 24.8. The largest absolute Gasteiger partial charge is 0.454 e. The maximum absolute atomic E-state index is 15.6. The van der Waals surface area contributed by atoms with Gasteiger partial charge >= 0.3 is 0 Å². The van der Waals surface area contributed by atoms with Crippen molar-refractivity contribution in [2.45, 2.75) is 44.4 Å². The van der Waals surface area contributed by atoms with Crippen LogP contribution in [-0.2, 0) is 7.05 Å². The second kappa shape index (κ2) is 10.1. The summed E-state index contributed by atoms with van der Waals surface area (Å²) in [4.78, 5) is 0. The van der Waals surface area contributed by atoms with Crippen LogP contribution in [0.25, 0.3) is 44.3 Å². The molecule has 198 valence electrons. The van der Waals surface area contributed by atoms with E-state index in [0.717, 1.165) is 38.7 Å². The van der Waals surface area contributed by atoms with E-state index >= 15 is 4.39 Å². The van der Waals surface area contributed by atoms with E-state index in [2.05, 4.69) is 84.3 Å². The maximum Gasteiger partial charge on any atom is 0.216 e. The molecule has 1 aliphatic carbocycles. The van der Waals surface area contributed by atoms with Gasteiger partial charge < -0.3 is 4.42 Å². The number of nitrogens with zero attached hydrogens (tertiary/aromatic N) is 1. The molecule has 3 heteroatoms. The molecule has 0 spiro atoms. The molecule has 0 N–H and O–H groups in total. The highest BCUT2D eigenvalue weighted by molar-refractivity contribution is 6.13. The molecule has 40 heavy (non-hydrogen) atoms. The van der Waals surface area contributed by atoms with Crippen molar-refractivity contribution in [3.8, 4) is 22.4 Å². The van der Waals surface area contributed by atoms with Crippen LogP contribution in [0.2, 0.25) is 0 Å². The minimum absolute atomic E-state index is 0.261. The SMILES string of the molecule is Cc1ccc2c(oc3c(-c4ccc(C5CCCCC5c5ccccc5)cc4)c(F)ccc32)c1-c1cccc[n+]1C. The second-order valence-corrected chi connectivity index (χ2v) is 11.3. The van der Waals surface area contributed by atoms with Crippen LogP contribution < -0.4 is 4.57 Å². The van der Waals surface area contributed by atoms with E-state index in [-0.39, 0.29) is 5.82 Å². The zero-order valence-corrected chi connectivity index (χ0v) is 23.0. The molecule has 1 aliphatic rings. The molecule has 0 aliphatic heterocycles. The fourth-order valence-corrected chi connectivity index (χ4v) is 6.87. The summed E-state index contributed by atoms with van der Waals surface area (Å²) in [5, 5.41) is 1.94. The summed E-state index contributed by atoms with van der Waals surface area (Å²) < 4.78 is 24.3. The summed E-state index contributed by atoms with van der Waals surface area (Å²) in [6.45, 7) is 2.10. The third-order valence-corrected chi connectivity index (χ3v) is 8.90. The fourth-order valence-electron chi connectivity index (χ4n) is 6.87. The summed E-state index contributed by atoms with van der Waals surface area (Å²) in [6, 6.07) is 33.3. The molecule has 7 rings (SSSR count). The van der Waals surface area contributed by atoms with Crippen LogP contribution in [-0.4, -0.2) is 0 Å². The molecule has 1 fully saturated rings. The summed E-state index contributed by atoms with van der Waals surface area (Å²) >= 11 is 0. The van der Waals surface area contributed by atoms with Crippen molar-refractivity contribution >= 4 is 21.9 Å². The Bertz CT molecular complexity index is 1830. The van der Waals surface area contributed by atoms with Crippen LogP contribution in [0.3, 0.4) is 0 Å². The van der Waals surface area contributed by atoms with Gasteiger partial charge in [-0.25, -0.2) is 8.96 Å². The lowest BCUT2D eigenvalue weighted by Gasteiger charge is -2.32. The summed E-state index contributed by atoms with van der Waals surface area (Å²) in [6.07, 6.45) is 6.97. The third kappa shape index (κ3) is 4.12. The highest BCUT2D eigenvalue weighted by Crippen LogP contribution is 2.45. The molecule has 0 saturated heterocycles. The van der Waals surface area contributed by atoms with Crippen molar-refractivity contribution in [2.24, 2.45) is 7.05 Å². The number of aromatic nitrogens is 1. The molecular weight excluding hydrogens is 493 g/mol. The van der Waals surface area contributed by atoms with Crippen LogP contribution in [0.1, 0.15) is 54.2 Å². The van der Waals surface area contributed by atoms with E-state index in [1.54, 1.807) is 6.07 Å². The summed E-state index contributed by atoms with van der Waals surface area (Å²) in [5.41, 5.74) is 8.78. The molecule has 2 aromatic heterocycles. The number of furan rings is 1. The number of pyridine rings is 1. The van der Waals surface area contributed by atoms with E-state index in [1.165, 1.54) is 36.8 Å². The van der Waals surface area contributed by atoms with Gasteiger partial charge in [0.15, 0.2) is 6.20 Å². The minimum atomic E-state index is -0.261. The molecule has 0 radical (unpaired) electrons. The van der Waals surface area contributed by atoms with Crippen molar-refractivity contribution in [3.63, 3.8) is 0 Å². The molecule has 0 bridgehead atoms. The van der Waals surface area contributed by atoms with E-state index in [0.29, 0.717) is 23.0 Å². The molecule has 4 aromatic carbocycles. The maximum atomic E-state index is 15.6. The van der Waals surface area contributed by atoms with Crippen LogP contribution in [0.4, 0.5) is 4.39 Å². The van der Waals surface area contributed by atoms with Crippen molar-refractivity contribution in [3.05, 3.63) is 126 Å². The molecular formula is C37H33FNO+. The zero-order valence-electron chi connectivity index (χ0n) is 23.0. The normalized spacial score (nSPS) is 17.5. The lowest BCUT2D eigenvalue weighted by molar-refractivity contribution is -0.660. The Hall–Kier alpha value is -4.24. The Morgan fingerprint density at radius 1 is 0.675 bits per heavy atom. The van der Waals surface area contributed by atoms with E-state index in [9.17, 15) is 0 Å². The Morgan fingerprint density at radius 3 is 2.00 bits per heavy atom. The smallest absolute Gasteiger partial charge is 0.216 e. The van der Waals surface area contributed by atoms with Crippen molar-refractivity contribution < 1.29 is 13.4 Å². The number of rotatable bonds is 4. The lowest BCUT2D eigenvalue weighted by Crippen LogP contribution is -2.30. The van der Waals surface area contributed by atoms with Gasteiger partial charge in [-0.2, -0.15) is 0 Å². The van der Waals surface area contributed by atoms with Gasteiger partial charge in [-0.3, -0.25) is 0 Å². The first-order valence-corrected chi connectivity index (χ1v) is 14.3. The Morgan fingerprint density at radius 2 is 1.30 bits per heavy atom. The highest BCUT2D eigenvalue weighted by Gasteiger charge is 2.28. The zero-order chi connectivity index (χ0) is 27.2. The van der Waals surface area contributed by atoms with Crippen molar-refractivity contribution in [1.82, 2.24) is 0 Å². The molecule has 1 saturated carbocycles. The van der Waals surface area contributed by atoms with Gasteiger partial charge in [-0.1, -0.05) is 79.6 Å².